The molecule has 0 radical (unpaired) electrons. The summed E-state index contributed by atoms with van der Waals surface area (Å²) >= 11 is 0. The molecule has 0 spiro atoms. The van der Waals surface area contributed by atoms with Crippen molar-refractivity contribution in [1.82, 2.24) is 10.2 Å². The number of anilines is 1. The molecular formula is C25H29N3O4. The first kappa shape index (κ1) is 22.0. The van der Waals surface area contributed by atoms with Crippen molar-refractivity contribution in [3.05, 3.63) is 65.7 Å². The number of carbonyl (C=O) groups is 3. The van der Waals surface area contributed by atoms with Gasteiger partial charge in [-0.25, -0.2) is 0 Å². The average molecular weight is 436 g/mol. The van der Waals surface area contributed by atoms with Crippen molar-refractivity contribution in [3.8, 4) is 0 Å². The van der Waals surface area contributed by atoms with Gasteiger partial charge in [-0.3, -0.25) is 14.4 Å². The second kappa shape index (κ2) is 10.4. The third-order valence-corrected chi connectivity index (χ3v) is 6.11. The average Bonchev–Trinajstić information content (AvgIpc) is 3.37. The number of hydrogen-bond donors (Lipinski definition) is 2. The highest BCUT2D eigenvalue weighted by atomic mass is 16.5. The highest BCUT2D eigenvalue weighted by molar-refractivity contribution is 6.04. The quantitative estimate of drug-likeness (QED) is 0.730. The zero-order valence-electron chi connectivity index (χ0n) is 18.1. The van der Waals surface area contributed by atoms with Gasteiger partial charge in [-0.15, -0.1) is 0 Å². The van der Waals surface area contributed by atoms with E-state index in [1.165, 1.54) is 0 Å². The smallest absolute Gasteiger partial charge is 0.255 e. The van der Waals surface area contributed by atoms with Gasteiger partial charge in [0, 0.05) is 49.0 Å². The zero-order valence-corrected chi connectivity index (χ0v) is 18.1. The number of carbonyl (C=O) groups excluding carboxylic acids is 3. The number of rotatable bonds is 6. The molecule has 0 bridgehead atoms. The Morgan fingerprint density at radius 2 is 1.62 bits per heavy atom. The van der Waals surface area contributed by atoms with Gasteiger partial charge in [0.1, 0.15) is 0 Å². The van der Waals surface area contributed by atoms with Crippen molar-refractivity contribution < 1.29 is 19.1 Å². The number of likely N-dealkylation sites (tertiary alicyclic amines) is 1. The Hall–Kier alpha value is -3.19. The maximum absolute atomic E-state index is 12.9. The first-order valence-electron chi connectivity index (χ1n) is 11.3. The molecule has 32 heavy (non-hydrogen) atoms. The second-order valence-corrected chi connectivity index (χ2v) is 8.34. The Kier molecular flexibility index (Phi) is 7.17. The third-order valence-electron chi connectivity index (χ3n) is 6.11. The lowest BCUT2D eigenvalue weighted by atomic mass is 9.95. The summed E-state index contributed by atoms with van der Waals surface area (Å²) in [5, 5.41) is 5.84. The van der Waals surface area contributed by atoms with Gasteiger partial charge in [-0.05, 0) is 62.1 Å². The van der Waals surface area contributed by atoms with Gasteiger partial charge in [-0.1, -0.05) is 18.2 Å². The van der Waals surface area contributed by atoms with Gasteiger partial charge < -0.3 is 20.3 Å². The summed E-state index contributed by atoms with van der Waals surface area (Å²) in [5.41, 5.74) is 1.79. The summed E-state index contributed by atoms with van der Waals surface area (Å²) in [4.78, 5) is 39.3. The molecule has 0 saturated carbocycles. The largest absolute Gasteiger partial charge is 0.376 e. The van der Waals surface area contributed by atoms with Gasteiger partial charge in [0.05, 0.1) is 6.10 Å². The van der Waals surface area contributed by atoms with Crippen LogP contribution in [0.1, 0.15) is 46.4 Å². The van der Waals surface area contributed by atoms with E-state index in [1.807, 2.05) is 18.2 Å². The van der Waals surface area contributed by atoms with Gasteiger partial charge in [0.15, 0.2) is 0 Å². The van der Waals surface area contributed by atoms with Crippen molar-refractivity contribution in [2.45, 2.75) is 31.8 Å². The van der Waals surface area contributed by atoms with Gasteiger partial charge in [0.2, 0.25) is 5.91 Å². The van der Waals surface area contributed by atoms with Gasteiger partial charge in [-0.2, -0.15) is 0 Å². The van der Waals surface area contributed by atoms with Crippen molar-refractivity contribution in [1.29, 1.82) is 0 Å². The molecule has 2 fully saturated rings. The van der Waals surface area contributed by atoms with E-state index in [-0.39, 0.29) is 29.7 Å². The summed E-state index contributed by atoms with van der Waals surface area (Å²) in [6.45, 7) is 2.47. The van der Waals surface area contributed by atoms with Crippen LogP contribution in [-0.2, 0) is 9.53 Å². The van der Waals surface area contributed by atoms with Crippen molar-refractivity contribution in [2.75, 3.05) is 31.6 Å². The molecule has 3 amide bonds. The summed E-state index contributed by atoms with van der Waals surface area (Å²) < 4.78 is 5.55. The Labute approximate surface area is 188 Å². The Bertz CT molecular complexity index is 931. The lowest BCUT2D eigenvalue weighted by molar-refractivity contribution is -0.126. The summed E-state index contributed by atoms with van der Waals surface area (Å²) in [7, 11) is 0. The SMILES string of the molecule is O=C(Nc1ccc(C(=O)N2CCC(C(=O)NC[C@@H]3CCCO3)CC2)cc1)c1ccccc1. The van der Waals surface area contributed by atoms with Gasteiger partial charge >= 0.3 is 0 Å². The molecule has 2 heterocycles. The molecule has 1 atom stereocenters. The van der Waals surface area contributed by atoms with Crippen LogP contribution in [0.25, 0.3) is 0 Å². The van der Waals surface area contributed by atoms with E-state index in [0.717, 1.165) is 19.4 Å². The predicted octanol–water partition coefficient (Wildman–Crippen LogP) is 3.09. The number of nitrogens with zero attached hydrogens (tertiary/aromatic N) is 1. The maximum atomic E-state index is 12.9. The van der Waals surface area contributed by atoms with Crippen LogP contribution in [0, 0.1) is 5.92 Å². The normalized spacial score (nSPS) is 18.9. The number of ether oxygens (including phenoxy) is 1. The third kappa shape index (κ3) is 5.53. The molecule has 0 aliphatic carbocycles. The predicted molar refractivity (Wildman–Crippen MR) is 121 cm³/mol. The van der Waals surface area contributed by atoms with Crippen LogP contribution in [0.2, 0.25) is 0 Å². The van der Waals surface area contributed by atoms with Crippen molar-refractivity contribution in [2.24, 2.45) is 5.92 Å². The molecule has 7 heteroatoms. The Morgan fingerprint density at radius 3 is 2.28 bits per heavy atom. The molecule has 2 aliphatic heterocycles. The van der Waals surface area contributed by atoms with Crippen LogP contribution >= 0.6 is 0 Å². The fraction of sp³-hybridized carbons (Fsp3) is 0.400. The van der Waals surface area contributed by atoms with E-state index in [9.17, 15) is 14.4 Å². The Morgan fingerprint density at radius 1 is 0.906 bits per heavy atom. The first-order chi connectivity index (χ1) is 15.6. The molecule has 2 aromatic carbocycles. The van der Waals surface area contributed by atoms with Crippen molar-refractivity contribution >= 4 is 23.4 Å². The highest BCUT2D eigenvalue weighted by Gasteiger charge is 2.28. The summed E-state index contributed by atoms with van der Waals surface area (Å²) in [6, 6.07) is 15.9. The van der Waals surface area contributed by atoms with E-state index < -0.39 is 0 Å². The van der Waals surface area contributed by atoms with E-state index in [4.69, 9.17) is 4.74 Å². The maximum Gasteiger partial charge on any atom is 0.255 e. The number of piperidine rings is 1. The monoisotopic (exact) mass is 435 g/mol. The molecule has 0 unspecified atom stereocenters. The number of nitrogens with one attached hydrogen (secondary N) is 2. The van der Waals surface area contributed by atoms with Crippen LogP contribution in [0.15, 0.2) is 54.6 Å². The lowest BCUT2D eigenvalue weighted by Gasteiger charge is -2.31. The van der Waals surface area contributed by atoms with Crippen LogP contribution in [-0.4, -0.2) is 55.0 Å². The van der Waals surface area contributed by atoms with Crippen LogP contribution in [0.3, 0.4) is 0 Å². The first-order valence-corrected chi connectivity index (χ1v) is 11.3. The van der Waals surface area contributed by atoms with Crippen molar-refractivity contribution in [3.63, 3.8) is 0 Å². The van der Waals surface area contributed by atoms with E-state index in [2.05, 4.69) is 10.6 Å². The second-order valence-electron chi connectivity index (χ2n) is 8.34. The molecule has 2 saturated heterocycles. The molecule has 7 nitrogen and oxygen atoms in total. The molecule has 2 aromatic rings. The molecule has 0 aromatic heterocycles. The minimum atomic E-state index is -0.190. The molecule has 168 valence electrons. The Balaban J connectivity index is 1.25. The minimum Gasteiger partial charge on any atom is -0.376 e. The van der Waals surface area contributed by atoms with E-state index >= 15 is 0 Å². The molecule has 2 aliphatic rings. The number of hydrogen-bond acceptors (Lipinski definition) is 4. The minimum absolute atomic E-state index is 0.0517. The standard InChI is InChI=1S/C25H29N3O4/c29-23(26-17-22-7-4-16-32-22)19-12-14-28(15-13-19)25(31)20-8-10-21(11-9-20)27-24(30)18-5-2-1-3-6-18/h1-3,5-6,8-11,19,22H,4,7,12-17H2,(H,26,29)(H,27,30)/t22-/m0/s1. The molecule has 2 N–H and O–H groups in total. The van der Waals surface area contributed by atoms with Crippen LogP contribution < -0.4 is 10.6 Å². The lowest BCUT2D eigenvalue weighted by Crippen LogP contribution is -2.44. The van der Waals surface area contributed by atoms with Crippen LogP contribution in [0.5, 0.6) is 0 Å². The fourth-order valence-corrected chi connectivity index (χ4v) is 4.18. The summed E-state index contributed by atoms with van der Waals surface area (Å²) in [6.07, 6.45) is 3.52. The highest BCUT2D eigenvalue weighted by Crippen LogP contribution is 2.21. The topological polar surface area (TPSA) is 87.7 Å². The zero-order chi connectivity index (χ0) is 22.3. The van der Waals surface area contributed by atoms with E-state index in [1.54, 1.807) is 41.3 Å². The number of amides is 3. The van der Waals surface area contributed by atoms with E-state index in [0.29, 0.717) is 49.3 Å². The van der Waals surface area contributed by atoms with Gasteiger partial charge in [0.25, 0.3) is 11.8 Å². The summed E-state index contributed by atoms with van der Waals surface area (Å²) in [5.74, 6) is -0.240. The number of benzene rings is 2. The molecular weight excluding hydrogens is 406 g/mol. The fourth-order valence-electron chi connectivity index (χ4n) is 4.18. The molecule has 4 rings (SSSR count). The van der Waals surface area contributed by atoms with Crippen LogP contribution in [0.4, 0.5) is 5.69 Å².